The van der Waals surface area contributed by atoms with Gasteiger partial charge in [-0.25, -0.2) is 0 Å². The summed E-state index contributed by atoms with van der Waals surface area (Å²) >= 11 is 0. The summed E-state index contributed by atoms with van der Waals surface area (Å²) in [5, 5.41) is 0. The highest BCUT2D eigenvalue weighted by Crippen LogP contribution is 2.07. The number of rotatable bonds is 3. The number of ketones is 1. The molecule has 0 bridgehead atoms. The summed E-state index contributed by atoms with van der Waals surface area (Å²) < 4.78 is 0. The second-order valence-corrected chi connectivity index (χ2v) is 3.02. The van der Waals surface area contributed by atoms with Gasteiger partial charge in [0.25, 0.3) is 0 Å². The van der Waals surface area contributed by atoms with Gasteiger partial charge in [-0.05, 0) is 5.92 Å². The molecule has 0 aliphatic rings. The maximum absolute atomic E-state index is 10.9. The van der Waals surface area contributed by atoms with E-state index in [4.69, 9.17) is 0 Å². The van der Waals surface area contributed by atoms with Gasteiger partial charge < -0.3 is 0 Å². The van der Waals surface area contributed by atoms with Crippen LogP contribution in [-0.4, -0.2) is 5.78 Å². The first-order valence-electron chi connectivity index (χ1n) is 3.37. The largest absolute Gasteiger partial charge is 0.299 e. The van der Waals surface area contributed by atoms with Crippen molar-refractivity contribution in [2.75, 3.05) is 0 Å². The predicted octanol–water partition coefficient (Wildman–Crippen LogP) is 2.22. The Morgan fingerprint density at radius 3 is 1.89 bits per heavy atom. The zero-order chi connectivity index (χ0) is 7.44. The normalized spacial score (nSPS) is 10.9. The lowest BCUT2D eigenvalue weighted by atomic mass is 9.99. The van der Waals surface area contributed by atoms with Crippen LogP contribution in [0.4, 0.5) is 0 Å². The Morgan fingerprint density at radius 1 is 1.33 bits per heavy atom. The van der Waals surface area contributed by atoms with E-state index in [9.17, 15) is 4.79 Å². The molecule has 0 fully saturated rings. The standard InChI is InChI=1S/C8H15O/c1-6(2)5-8(9)7(3)4/h6H,5H2,1-4H3. The van der Waals surface area contributed by atoms with Crippen LogP contribution < -0.4 is 0 Å². The zero-order valence-electron chi connectivity index (χ0n) is 6.69. The van der Waals surface area contributed by atoms with Crippen molar-refractivity contribution >= 4 is 5.78 Å². The summed E-state index contributed by atoms with van der Waals surface area (Å²) in [5.74, 6) is 1.71. The third-order valence-corrected chi connectivity index (χ3v) is 1.15. The fraction of sp³-hybridized carbons (Fsp3) is 0.750. The third kappa shape index (κ3) is 4.19. The summed E-state index contributed by atoms with van der Waals surface area (Å²) in [5.41, 5.74) is 0. The molecule has 0 aromatic carbocycles. The molecule has 0 saturated carbocycles. The minimum absolute atomic E-state index is 0.296. The molecule has 0 aliphatic heterocycles. The maximum atomic E-state index is 10.9. The highest BCUT2D eigenvalue weighted by Gasteiger charge is 2.08. The van der Waals surface area contributed by atoms with E-state index < -0.39 is 0 Å². The minimum atomic E-state index is 0.296. The van der Waals surface area contributed by atoms with Gasteiger partial charge in [-0.1, -0.05) is 27.7 Å². The van der Waals surface area contributed by atoms with Crippen molar-refractivity contribution in [3.8, 4) is 0 Å². The molecule has 0 rings (SSSR count). The van der Waals surface area contributed by atoms with Crippen LogP contribution in [0.3, 0.4) is 0 Å². The van der Waals surface area contributed by atoms with Crippen molar-refractivity contribution in [2.45, 2.75) is 34.1 Å². The van der Waals surface area contributed by atoms with Gasteiger partial charge in [-0.15, -0.1) is 0 Å². The minimum Gasteiger partial charge on any atom is -0.299 e. The molecule has 0 saturated heterocycles. The van der Waals surface area contributed by atoms with E-state index in [1.54, 1.807) is 0 Å². The molecule has 9 heavy (non-hydrogen) atoms. The quantitative estimate of drug-likeness (QED) is 0.568. The highest BCUT2D eigenvalue weighted by molar-refractivity contribution is 5.90. The van der Waals surface area contributed by atoms with Crippen LogP contribution in [0.25, 0.3) is 0 Å². The molecule has 1 radical (unpaired) electrons. The van der Waals surface area contributed by atoms with E-state index in [1.165, 1.54) is 0 Å². The van der Waals surface area contributed by atoms with E-state index in [2.05, 4.69) is 13.8 Å². The van der Waals surface area contributed by atoms with E-state index in [0.29, 0.717) is 18.1 Å². The van der Waals surface area contributed by atoms with Gasteiger partial charge >= 0.3 is 0 Å². The summed E-state index contributed by atoms with van der Waals surface area (Å²) in [6.07, 6.45) is 0.697. The summed E-state index contributed by atoms with van der Waals surface area (Å²) in [4.78, 5) is 10.9. The Morgan fingerprint density at radius 2 is 1.78 bits per heavy atom. The van der Waals surface area contributed by atoms with Crippen LogP contribution >= 0.6 is 0 Å². The summed E-state index contributed by atoms with van der Waals surface area (Å²) in [6, 6.07) is 0. The van der Waals surface area contributed by atoms with E-state index in [0.717, 1.165) is 5.92 Å². The smallest absolute Gasteiger partial charge is 0.139 e. The lowest BCUT2D eigenvalue weighted by Crippen LogP contribution is -2.07. The van der Waals surface area contributed by atoms with Crippen molar-refractivity contribution in [3.05, 3.63) is 5.92 Å². The average Bonchev–Trinajstić information content (AvgIpc) is 1.63. The molecular formula is C8H15O. The Bertz CT molecular complexity index is 92.7. The van der Waals surface area contributed by atoms with Gasteiger partial charge in [0.2, 0.25) is 0 Å². The van der Waals surface area contributed by atoms with Gasteiger partial charge in [-0.2, -0.15) is 0 Å². The van der Waals surface area contributed by atoms with Crippen LogP contribution in [-0.2, 0) is 4.79 Å². The van der Waals surface area contributed by atoms with Gasteiger partial charge in [0, 0.05) is 12.3 Å². The van der Waals surface area contributed by atoms with Gasteiger partial charge in [0.15, 0.2) is 0 Å². The Balaban J connectivity index is 3.51. The van der Waals surface area contributed by atoms with Crippen molar-refractivity contribution in [3.63, 3.8) is 0 Å². The fourth-order valence-electron chi connectivity index (χ4n) is 0.575. The predicted molar refractivity (Wildman–Crippen MR) is 39.1 cm³/mol. The summed E-state index contributed by atoms with van der Waals surface area (Å²) in [6.45, 7) is 7.84. The molecule has 0 heterocycles. The van der Waals surface area contributed by atoms with Gasteiger partial charge in [0.1, 0.15) is 5.78 Å². The second kappa shape index (κ2) is 3.65. The number of hydrogen-bond donors (Lipinski definition) is 0. The lowest BCUT2D eigenvalue weighted by Gasteiger charge is -2.04. The monoisotopic (exact) mass is 127 g/mol. The number of hydrogen-bond acceptors (Lipinski definition) is 1. The van der Waals surface area contributed by atoms with Crippen LogP contribution in [0.5, 0.6) is 0 Å². The van der Waals surface area contributed by atoms with Crippen LogP contribution in [0.15, 0.2) is 0 Å². The van der Waals surface area contributed by atoms with Gasteiger partial charge in [-0.3, -0.25) is 4.79 Å². The average molecular weight is 127 g/mol. The number of carbonyl (C=O) groups excluding carboxylic acids is 1. The Kier molecular flexibility index (Phi) is 3.52. The van der Waals surface area contributed by atoms with Crippen LogP contribution in [0.1, 0.15) is 34.1 Å². The topological polar surface area (TPSA) is 17.1 Å². The van der Waals surface area contributed by atoms with Gasteiger partial charge in [0.05, 0.1) is 0 Å². The number of carbonyl (C=O) groups is 1. The molecular weight excluding hydrogens is 112 g/mol. The molecule has 0 unspecified atom stereocenters. The molecule has 1 heteroatoms. The Hall–Kier alpha value is -0.330. The molecule has 0 atom stereocenters. The van der Waals surface area contributed by atoms with Crippen molar-refractivity contribution in [2.24, 2.45) is 5.92 Å². The van der Waals surface area contributed by atoms with Crippen molar-refractivity contribution in [1.29, 1.82) is 0 Å². The molecule has 0 amide bonds. The third-order valence-electron chi connectivity index (χ3n) is 1.15. The van der Waals surface area contributed by atoms with Crippen molar-refractivity contribution in [1.82, 2.24) is 0 Å². The zero-order valence-corrected chi connectivity index (χ0v) is 6.69. The van der Waals surface area contributed by atoms with Crippen LogP contribution in [0.2, 0.25) is 0 Å². The van der Waals surface area contributed by atoms with Crippen molar-refractivity contribution < 1.29 is 4.79 Å². The van der Waals surface area contributed by atoms with E-state index >= 15 is 0 Å². The Labute approximate surface area is 57.5 Å². The first-order valence-corrected chi connectivity index (χ1v) is 3.37. The lowest BCUT2D eigenvalue weighted by molar-refractivity contribution is -0.117. The highest BCUT2D eigenvalue weighted by atomic mass is 16.1. The maximum Gasteiger partial charge on any atom is 0.139 e. The first-order chi connectivity index (χ1) is 4.04. The van der Waals surface area contributed by atoms with E-state index in [1.807, 2.05) is 13.8 Å². The molecule has 0 aromatic rings. The van der Waals surface area contributed by atoms with Crippen LogP contribution in [0, 0.1) is 11.8 Å². The summed E-state index contributed by atoms with van der Waals surface area (Å²) in [7, 11) is 0. The molecule has 1 nitrogen and oxygen atoms in total. The molecule has 0 aromatic heterocycles. The molecule has 0 spiro atoms. The molecule has 0 aliphatic carbocycles. The first kappa shape index (κ1) is 8.67. The SMILES string of the molecule is C[C](C)C(=O)CC(C)C. The second-order valence-electron chi connectivity index (χ2n) is 3.02. The van der Waals surface area contributed by atoms with E-state index in [-0.39, 0.29) is 0 Å². The number of Topliss-reactive ketones (excluding diaryl/α,β-unsaturated/α-hetero) is 1. The molecule has 0 N–H and O–H groups in total. The fourth-order valence-corrected chi connectivity index (χ4v) is 0.575. The molecule has 53 valence electrons.